The number of hydrogen-bond acceptors (Lipinski definition) is 3. The largest absolute Gasteiger partial charge is 0.481 e. The maximum atomic E-state index is 12.8. The zero-order valence-electron chi connectivity index (χ0n) is 12.2. The standard InChI is InChI=1S/C13H18FN3.C2H4O2/c14-11-1-3-12(4-2-11)17-7-5-10(6-8-17)9-13(15)16;1-2(3)4/h1-4,10H,5-9H2,(H3,15,16);1H3,(H,3,4). The summed E-state index contributed by atoms with van der Waals surface area (Å²) >= 11 is 0. The smallest absolute Gasteiger partial charge is 0.300 e. The molecule has 0 amide bonds. The zero-order valence-corrected chi connectivity index (χ0v) is 12.2. The molecular formula is C15H22FN3O2. The quantitative estimate of drug-likeness (QED) is 0.590. The number of nitrogens with one attached hydrogen (secondary N) is 1. The Morgan fingerprint density at radius 1 is 1.38 bits per heavy atom. The number of benzene rings is 1. The number of amidine groups is 1. The molecular weight excluding hydrogens is 273 g/mol. The molecule has 0 unspecified atom stereocenters. The van der Waals surface area contributed by atoms with Crippen LogP contribution in [0, 0.1) is 17.1 Å². The monoisotopic (exact) mass is 295 g/mol. The van der Waals surface area contributed by atoms with Crippen molar-refractivity contribution in [3.63, 3.8) is 0 Å². The van der Waals surface area contributed by atoms with Gasteiger partial charge in [-0.3, -0.25) is 10.2 Å². The van der Waals surface area contributed by atoms with Crippen LogP contribution in [0.4, 0.5) is 10.1 Å². The minimum atomic E-state index is -0.833. The maximum absolute atomic E-state index is 12.8. The fourth-order valence-corrected chi connectivity index (χ4v) is 2.36. The van der Waals surface area contributed by atoms with E-state index in [-0.39, 0.29) is 11.7 Å². The molecule has 6 heteroatoms. The van der Waals surface area contributed by atoms with Gasteiger partial charge >= 0.3 is 0 Å². The van der Waals surface area contributed by atoms with Crippen molar-refractivity contribution in [3.05, 3.63) is 30.1 Å². The Labute approximate surface area is 124 Å². The topological polar surface area (TPSA) is 90.4 Å². The van der Waals surface area contributed by atoms with Crippen LogP contribution in [0.15, 0.2) is 24.3 Å². The summed E-state index contributed by atoms with van der Waals surface area (Å²) in [5.41, 5.74) is 6.49. The Kier molecular flexibility index (Phi) is 6.65. The van der Waals surface area contributed by atoms with E-state index in [0.29, 0.717) is 12.3 Å². The van der Waals surface area contributed by atoms with E-state index in [9.17, 15) is 4.39 Å². The van der Waals surface area contributed by atoms with Crippen molar-refractivity contribution < 1.29 is 14.3 Å². The van der Waals surface area contributed by atoms with Gasteiger partial charge in [0.05, 0.1) is 5.84 Å². The van der Waals surface area contributed by atoms with E-state index in [1.165, 1.54) is 12.1 Å². The Bertz CT molecular complexity index is 464. The number of anilines is 1. The number of carboxylic acid groups (broad SMARTS) is 1. The molecule has 0 aromatic heterocycles. The summed E-state index contributed by atoms with van der Waals surface area (Å²) in [6.45, 7) is 3.01. The van der Waals surface area contributed by atoms with Crippen LogP contribution in [-0.2, 0) is 4.79 Å². The highest BCUT2D eigenvalue weighted by Crippen LogP contribution is 2.25. The first kappa shape index (κ1) is 16.9. The lowest BCUT2D eigenvalue weighted by Gasteiger charge is -2.33. The third kappa shape index (κ3) is 6.74. The first-order chi connectivity index (χ1) is 9.88. The van der Waals surface area contributed by atoms with Crippen LogP contribution in [0.5, 0.6) is 0 Å². The molecule has 0 atom stereocenters. The lowest BCUT2D eigenvalue weighted by Crippen LogP contribution is -2.34. The Hall–Kier alpha value is -2.11. The first-order valence-electron chi connectivity index (χ1n) is 6.91. The lowest BCUT2D eigenvalue weighted by atomic mass is 9.93. The number of nitrogens with two attached hydrogens (primary N) is 1. The predicted octanol–water partition coefficient (Wildman–Crippen LogP) is 2.46. The number of carboxylic acids is 1. The highest BCUT2D eigenvalue weighted by Gasteiger charge is 2.19. The number of carbonyl (C=O) groups is 1. The molecule has 1 heterocycles. The van der Waals surface area contributed by atoms with Gasteiger partial charge in [-0.2, -0.15) is 0 Å². The van der Waals surface area contributed by atoms with E-state index in [4.69, 9.17) is 21.0 Å². The zero-order chi connectivity index (χ0) is 15.8. The van der Waals surface area contributed by atoms with E-state index >= 15 is 0 Å². The van der Waals surface area contributed by atoms with Crippen molar-refractivity contribution in [1.82, 2.24) is 0 Å². The fourth-order valence-electron chi connectivity index (χ4n) is 2.36. The van der Waals surface area contributed by atoms with Gasteiger partial charge in [0.25, 0.3) is 5.97 Å². The summed E-state index contributed by atoms with van der Waals surface area (Å²) in [4.78, 5) is 11.3. The number of nitrogens with zero attached hydrogens (tertiary/aromatic N) is 1. The third-order valence-corrected chi connectivity index (χ3v) is 3.31. The molecule has 4 N–H and O–H groups in total. The molecule has 1 aliphatic rings. The SMILES string of the molecule is CC(=O)O.N=C(N)CC1CCN(c2ccc(F)cc2)CC1. The van der Waals surface area contributed by atoms with Crippen LogP contribution >= 0.6 is 0 Å². The molecule has 0 radical (unpaired) electrons. The van der Waals surface area contributed by atoms with E-state index in [0.717, 1.165) is 38.5 Å². The maximum Gasteiger partial charge on any atom is 0.300 e. The average molecular weight is 295 g/mol. The van der Waals surface area contributed by atoms with Gasteiger partial charge in [0.2, 0.25) is 0 Å². The van der Waals surface area contributed by atoms with Gasteiger partial charge in [0, 0.05) is 32.1 Å². The molecule has 1 aromatic rings. The van der Waals surface area contributed by atoms with Crippen LogP contribution in [0.3, 0.4) is 0 Å². The van der Waals surface area contributed by atoms with Gasteiger partial charge in [0.15, 0.2) is 0 Å². The van der Waals surface area contributed by atoms with Gasteiger partial charge < -0.3 is 15.7 Å². The highest BCUT2D eigenvalue weighted by atomic mass is 19.1. The van der Waals surface area contributed by atoms with Crippen molar-refractivity contribution >= 4 is 17.5 Å². The van der Waals surface area contributed by atoms with E-state index in [1.807, 2.05) is 12.1 Å². The normalized spacial score (nSPS) is 15.0. The molecule has 0 aliphatic carbocycles. The predicted molar refractivity (Wildman–Crippen MR) is 81.2 cm³/mol. The fraction of sp³-hybridized carbons (Fsp3) is 0.467. The molecule has 2 rings (SSSR count). The summed E-state index contributed by atoms with van der Waals surface area (Å²) in [6, 6.07) is 6.63. The molecule has 1 aromatic carbocycles. The Morgan fingerprint density at radius 3 is 2.29 bits per heavy atom. The van der Waals surface area contributed by atoms with Crippen molar-refractivity contribution in [3.8, 4) is 0 Å². The Morgan fingerprint density at radius 2 is 1.86 bits per heavy atom. The minimum Gasteiger partial charge on any atom is -0.481 e. The second kappa shape index (κ2) is 8.24. The highest BCUT2D eigenvalue weighted by molar-refractivity contribution is 5.77. The first-order valence-corrected chi connectivity index (χ1v) is 6.91. The van der Waals surface area contributed by atoms with Crippen molar-refractivity contribution in [1.29, 1.82) is 5.41 Å². The molecule has 0 saturated carbocycles. The average Bonchev–Trinajstić information content (AvgIpc) is 2.39. The van der Waals surface area contributed by atoms with Crippen LogP contribution in [0.25, 0.3) is 0 Å². The van der Waals surface area contributed by atoms with Crippen molar-refractivity contribution in [2.45, 2.75) is 26.2 Å². The Balaban J connectivity index is 0.000000491. The molecule has 1 saturated heterocycles. The molecule has 0 bridgehead atoms. The van der Waals surface area contributed by atoms with E-state index in [2.05, 4.69) is 4.90 Å². The number of aliphatic carboxylic acids is 1. The van der Waals surface area contributed by atoms with Gasteiger partial charge in [-0.05, 0) is 43.0 Å². The molecule has 116 valence electrons. The number of hydrogen-bond donors (Lipinski definition) is 3. The number of halogens is 1. The van der Waals surface area contributed by atoms with Gasteiger partial charge in [0.1, 0.15) is 5.82 Å². The molecule has 0 spiro atoms. The molecule has 1 aliphatic heterocycles. The minimum absolute atomic E-state index is 0.194. The second-order valence-electron chi connectivity index (χ2n) is 5.16. The van der Waals surface area contributed by atoms with Crippen LogP contribution in [-0.4, -0.2) is 30.0 Å². The van der Waals surface area contributed by atoms with Gasteiger partial charge in [-0.15, -0.1) is 0 Å². The summed E-state index contributed by atoms with van der Waals surface area (Å²) in [5, 5.41) is 14.7. The summed E-state index contributed by atoms with van der Waals surface area (Å²) < 4.78 is 12.8. The van der Waals surface area contributed by atoms with Gasteiger partial charge in [-0.1, -0.05) is 0 Å². The van der Waals surface area contributed by atoms with Crippen LogP contribution in [0.2, 0.25) is 0 Å². The van der Waals surface area contributed by atoms with Crippen LogP contribution < -0.4 is 10.6 Å². The molecule has 5 nitrogen and oxygen atoms in total. The second-order valence-corrected chi connectivity index (χ2v) is 5.16. The van der Waals surface area contributed by atoms with E-state index < -0.39 is 5.97 Å². The summed E-state index contributed by atoms with van der Waals surface area (Å²) in [5.74, 6) is -0.213. The number of rotatable bonds is 3. The van der Waals surface area contributed by atoms with Gasteiger partial charge in [-0.25, -0.2) is 4.39 Å². The molecule has 1 fully saturated rings. The molecule has 21 heavy (non-hydrogen) atoms. The summed E-state index contributed by atoms with van der Waals surface area (Å²) in [7, 11) is 0. The third-order valence-electron chi connectivity index (χ3n) is 3.31. The summed E-state index contributed by atoms with van der Waals surface area (Å²) in [6.07, 6.45) is 2.81. The lowest BCUT2D eigenvalue weighted by molar-refractivity contribution is -0.134. The van der Waals surface area contributed by atoms with E-state index in [1.54, 1.807) is 0 Å². The van der Waals surface area contributed by atoms with Crippen molar-refractivity contribution in [2.24, 2.45) is 11.7 Å². The number of piperidine rings is 1. The van der Waals surface area contributed by atoms with Crippen molar-refractivity contribution in [2.75, 3.05) is 18.0 Å². The van der Waals surface area contributed by atoms with Crippen LogP contribution in [0.1, 0.15) is 26.2 Å².